The van der Waals surface area contributed by atoms with Crippen LogP contribution in [0.25, 0.3) is 0 Å². The molecule has 28 heavy (non-hydrogen) atoms. The molecule has 1 heterocycles. The third-order valence-corrected chi connectivity index (χ3v) is 4.90. The summed E-state index contributed by atoms with van der Waals surface area (Å²) >= 11 is 1.46. The predicted molar refractivity (Wildman–Crippen MR) is 108 cm³/mol. The second kappa shape index (κ2) is 9.10. The van der Waals surface area contributed by atoms with Gasteiger partial charge in [-0.05, 0) is 30.5 Å². The normalized spacial score (nSPS) is 11.5. The van der Waals surface area contributed by atoms with Gasteiger partial charge >= 0.3 is 5.97 Å². The van der Waals surface area contributed by atoms with Crippen LogP contribution in [0.15, 0.2) is 72.1 Å². The van der Waals surface area contributed by atoms with Crippen molar-refractivity contribution in [1.82, 2.24) is 0 Å². The highest BCUT2D eigenvalue weighted by atomic mass is 32.1. The second-order valence-corrected chi connectivity index (χ2v) is 7.20. The number of thiophene rings is 1. The Morgan fingerprint density at radius 2 is 1.79 bits per heavy atom. The number of hydrogen-bond acceptors (Lipinski definition) is 5. The molecule has 6 heteroatoms. The van der Waals surface area contributed by atoms with Crippen molar-refractivity contribution in [3.05, 3.63) is 88.1 Å². The molecule has 0 saturated carbocycles. The first-order chi connectivity index (χ1) is 13.5. The molecule has 0 radical (unpaired) electrons. The monoisotopic (exact) mass is 393 g/mol. The van der Waals surface area contributed by atoms with E-state index in [2.05, 4.69) is 5.32 Å². The molecule has 1 atom stereocenters. The molecule has 0 aliphatic carbocycles. The van der Waals surface area contributed by atoms with Crippen LogP contribution in [0.1, 0.15) is 33.8 Å². The van der Waals surface area contributed by atoms with Gasteiger partial charge in [0.15, 0.2) is 5.78 Å². The number of nitrogens with one attached hydrogen (secondary N) is 1. The maximum absolute atomic E-state index is 12.9. The van der Waals surface area contributed by atoms with Crippen LogP contribution in [-0.2, 0) is 20.7 Å². The number of carbonyl (C=O) groups is 3. The van der Waals surface area contributed by atoms with Gasteiger partial charge in [-0.3, -0.25) is 14.4 Å². The predicted octanol–water partition coefficient (Wildman–Crippen LogP) is 4.42. The molecule has 0 bridgehead atoms. The highest BCUT2D eigenvalue weighted by molar-refractivity contribution is 7.10. The van der Waals surface area contributed by atoms with Crippen LogP contribution in [0.2, 0.25) is 0 Å². The molecule has 142 valence electrons. The Bertz CT molecular complexity index is 967. The van der Waals surface area contributed by atoms with Gasteiger partial charge in [-0.1, -0.05) is 48.5 Å². The van der Waals surface area contributed by atoms with Gasteiger partial charge in [-0.2, -0.15) is 0 Å². The number of ether oxygens (including phenoxy) is 1. The van der Waals surface area contributed by atoms with E-state index in [9.17, 15) is 14.4 Å². The number of rotatable bonds is 7. The Morgan fingerprint density at radius 3 is 2.46 bits per heavy atom. The number of carbonyl (C=O) groups excluding carboxylic acids is 3. The minimum atomic E-state index is -1.09. The lowest BCUT2D eigenvalue weighted by atomic mass is 10.1. The smallest absolute Gasteiger partial charge is 0.312 e. The van der Waals surface area contributed by atoms with E-state index in [1.54, 1.807) is 48.5 Å². The third kappa shape index (κ3) is 5.14. The van der Waals surface area contributed by atoms with Crippen LogP contribution in [0.3, 0.4) is 0 Å². The van der Waals surface area contributed by atoms with Crippen molar-refractivity contribution in [2.24, 2.45) is 0 Å². The second-order valence-electron chi connectivity index (χ2n) is 6.16. The average molecular weight is 393 g/mol. The van der Waals surface area contributed by atoms with Crippen molar-refractivity contribution in [2.45, 2.75) is 19.4 Å². The van der Waals surface area contributed by atoms with Crippen molar-refractivity contribution in [3.63, 3.8) is 0 Å². The molecule has 5 nitrogen and oxygen atoms in total. The van der Waals surface area contributed by atoms with Crippen LogP contribution in [-0.4, -0.2) is 17.7 Å². The minimum absolute atomic E-state index is 0.0990. The zero-order valence-electron chi connectivity index (χ0n) is 15.3. The summed E-state index contributed by atoms with van der Waals surface area (Å²) in [5.41, 5.74) is 1.53. The van der Waals surface area contributed by atoms with Gasteiger partial charge < -0.3 is 10.1 Å². The summed E-state index contributed by atoms with van der Waals surface area (Å²) in [4.78, 5) is 37.6. The van der Waals surface area contributed by atoms with E-state index in [1.807, 2.05) is 23.6 Å². The van der Waals surface area contributed by atoms with Gasteiger partial charge in [0.25, 0.3) is 5.91 Å². The number of anilines is 1. The van der Waals surface area contributed by atoms with Crippen LogP contribution in [0.4, 0.5) is 5.69 Å². The van der Waals surface area contributed by atoms with Crippen molar-refractivity contribution < 1.29 is 19.1 Å². The molecule has 1 amide bonds. The summed E-state index contributed by atoms with van der Waals surface area (Å²) in [5, 5.41) is 4.62. The van der Waals surface area contributed by atoms with Gasteiger partial charge in [-0.25, -0.2) is 0 Å². The minimum Gasteiger partial charge on any atom is -0.447 e. The Hall–Kier alpha value is -3.25. The number of amides is 1. The van der Waals surface area contributed by atoms with Gasteiger partial charge in [0, 0.05) is 21.7 Å². The summed E-state index contributed by atoms with van der Waals surface area (Å²) in [6.07, 6.45) is -0.983. The molecule has 3 rings (SSSR count). The highest BCUT2D eigenvalue weighted by Crippen LogP contribution is 2.22. The van der Waals surface area contributed by atoms with Crippen LogP contribution < -0.4 is 5.32 Å². The summed E-state index contributed by atoms with van der Waals surface area (Å²) in [7, 11) is 0. The molecule has 0 aliphatic heterocycles. The number of benzene rings is 2. The molecule has 0 spiro atoms. The standard InChI is InChI=1S/C22H19NO4S/c1-15(24)17-9-5-10-18(13-17)23-22(26)21(16-7-3-2-4-8-16)27-20(25)14-19-11-6-12-28-19/h2-13,21H,14H2,1H3,(H,23,26). The fraction of sp³-hybridized carbons (Fsp3) is 0.136. The lowest BCUT2D eigenvalue weighted by molar-refractivity contribution is -0.154. The van der Waals surface area contributed by atoms with Crippen molar-refractivity contribution in [2.75, 3.05) is 5.32 Å². The fourth-order valence-corrected chi connectivity index (χ4v) is 3.34. The van der Waals surface area contributed by atoms with E-state index in [4.69, 9.17) is 4.74 Å². The van der Waals surface area contributed by atoms with Gasteiger partial charge in [0.1, 0.15) is 0 Å². The Kier molecular flexibility index (Phi) is 6.34. The summed E-state index contributed by atoms with van der Waals surface area (Å²) in [5.74, 6) is -1.06. The van der Waals surface area contributed by atoms with Crippen molar-refractivity contribution in [1.29, 1.82) is 0 Å². The van der Waals surface area contributed by atoms with Crippen molar-refractivity contribution in [3.8, 4) is 0 Å². The van der Waals surface area contributed by atoms with Gasteiger partial charge in [-0.15, -0.1) is 11.3 Å². The largest absolute Gasteiger partial charge is 0.447 e. The quantitative estimate of drug-likeness (QED) is 0.476. The van der Waals surface area contributed by atoms with Crippen LogP contribution in [0, 0.1) is 0 Å². The van der Waals surface area contributed by atoms with Gasteiger partial charge in [0.2, 0.25) is 6.10 Å². The first-order valence-electron chi connectivity index (χ1n) is 8.71. The Balaban J connectivity index is 1.78. The number of esters is 1. The molecule has 1 unspecified atom stereocenters. The molecule has 0 fully saturated rings. The first-order valence-corrected chi connectivity index (χ1v) is 9.59. The van der Waals surface area contributed by atoms with Gasteiger partial charge in [0.05, 0.1) is 6.42 Å². The van der Waals surface area contributed by atoms with Crippen LogP contribution in [0.5, 0.6) is 0 Å². The van der Waals surface area contributed by atoms with E-state index in [0.717, 1.165) is 4.88 Å². The van der Waals surface area contributed by atoms with Crippen LogP contribution >= 0.6 is 11.3 Å². The molecule has 1 N–H and O–H groups in total. The average Bonchev–Trinajstić information content (AvgIpc) is 3.20. The zero-order valence-corrected chi connectivity index (χ0v) is 16.1. The summed E-state index contributed by atoms with van der Waals surface area (Å²) < 4.78 is 5.51. The van der Waals surface area contributed by atoms with E-state index < -0.39 is 18.0 Å². The number of ketones is 1. The lowest BCUT2D eigenvalue weighted by Crippen LogP contribution is -2.26. The lowest BCUT2D eigenvalue weighted by Gasteiger charge is -2.18. The SMILES string of the molecule is CC(=O)c1cccc(NC(=O)C(OC(=O)Cc2cccs2)c2ccccc2)c1. The molecular formula is C22H19NO4S. The summed E-state index contributed by atoms with van der Waals surface area (Å²) in [6, 6.07) is 19.2. The molecular weight excluding hydrogens is 374 g/mol. The van der Waals surface area contributed by atoms with E-state index >= 15 is 0 Å². The highest BCUT2D eigenvalue weighted by Gasteiger charge is 2.25. The first kappa shape index (κ1) is 19.5. The molecule has 0 saturated heterocycles. The van der Waals surface area contributed by atoms with E-state index in [-0.39, 0.29) is 12.2 Å². The summed E-state index contributed by atoms with van der Waals surface area (Å²) in [6.45, 7) is 1.46. The topological polar surface area (TPSA) is 72.5 Å². The van der Waals surface area contributed by atoms with E-state index in [0.29, 0.717) is 16.8 Å². The van der Waals surface area contributed by atoms with Crippen molar-refractivity contribution >= 4 is 34.7 Å². The molecule has 0 aliphatic rings. The maximum Gasteiger partial charge on any atom is 0.312 e. The maximum atomic E-state index is 12.9. The Morgan fingerprint density at radius 1 is 1.00 bits per heavy atom. The number of Topliss-reactive ketones (excluding diaryl/α,β-unsaturated/α-hetero) is 1. The van der Waals surface area contributed by atoms with E-state index in [1.165, 1.54) is 18.3 Å². The molecule has 3 aromatic rings. The number of hydrogen-bond donors (Lipinski definition) is 1. The zero-order chi connectivity index (χ0) is 19.9. The molecule has 2 aromatic carbocycles. The molecule has 1 aromatic heterocycles. The fourth-order valence-electron chi connectivity index (χ4n) is 2.65. The third-order valence-electron chi connectivity index (χ3n) is 4.03. The Labute approximate surface area is 167 Å².